The largest absolute Gasteiger partial charge is 0.493 e. The number of likely N-dealkylation sites (N-methyl/N-ethyl adjacent to an activating group) is 1. The van der Waals surface area contributed by atoms with Gasteiger partial charge in [0.05, 0.1) is 12.2 Å². The van der Waals surface area contributed by atoms with Gasteiger partial charge in [-0.15, -0.1) is 0 Å². The molecule has 1 atom stereocenters. The van der Waals surface area contributed by atoms with Crippen molar-refractivity contribution in [1.82, 2.24) is 15.1 Å². The molecular weight excluding hydrogens is 302 g/mol. The van der Waals surface area contributed by atoms with Crippen LogP contribution in [0, 0.1) is 5.92 Å². The van der Waals surface area contributed by atoms with Gasteiger partial charge >= 0.3 is 0 Å². The first-order valence-electron chi connectivity index (χ1n) is 9.08. The lowest BCUT2D eigenvalue weighted by atomic mass is 10.1. The zero-order chi connectivity index (χ0) is 17.4. The van der Waals surface area contributed by atoms with E-state index in [1.165, 1.54) is 0 Å². The smallest absolute Gasteiger partial charge is 0.255 e. The van der Waals surface area contributed by atoms with Crippen molar-refractivity contribution in [3.05, 3.63) is 29.8 Å². The van der Waals surface area contributed by atoms with Gasteiger partial charge in [0.25, 0.3) is 5.91 Å². The number of rotatable bonds is 8. The first-order valence-corrected chi connectivity index (χ1v) is 9.08. The number of hydrogen-bond donors (Lipinski definition) is 1. The highest BCUT2D eigenvalue weighted by Crippen LogP contribution is 2.17. The molecule has 1 amide bonds. The summed E-state index contributed by atoms with van der Waals surface area (Å²) in [6.45, 7) is 14.3. The van der Waals surface area contributed by atoms with E-state index in [1.807, 2.05) is 31.2 Å². The SMILES string of the molecule is CCOc1ccccc1C(=O)NCC(C)CN1CCN(CC)CC1. The molecule has 0 aromatic heterocycles. The van der Waals surface area contributed by atoms with Crippen molar-refractivity contribution in [2.75, 3.05) is 52.4 Å². The molecule has 134 valence electrons. The second-order valence-corrected chi connectivity index (χ2v) is 6.48. The Labute approximate surface area is 146 Å². The van der Waals surface area contributed by atoms with Crippen LogP contribution in [0.25, 0.3) is 0 Å². The average Bonchev–Trinajstić information content (AvgIpc) is 2.61. The Morgan fingerprint density at radius 3 is 2.50 bits per heavy atom. The first kappa shape index (κ1) is 18.7. The van der Waals surface area contributed by atoms with E-state index >= 15 is 0 Å². The van der Waals surface area contributed by atoms with Crippen LogP contribution in [-0.2, 0) is 0 Å². The van der Waals surface area contributed by atoms with Crippen LogP contribution >= 0.6 is 0 Å². The Morgan fingerprint density at radius 2 is 1.83 bits per heavy atom. The molecule has 0 spiro atoms. The summed E-state index contributed by atoms with van der Waals surface area (Å²) in [4.78, 5) is 17.4. The zero-order valence-electron chi connectivity index (χ0n) is 15.3. The maximum Gasteiger partial charge on any atom is 0.255 e. The van der Waals surface area contributed by atoms with E-state index in [-0.39, 0.29) is 5.91 Å². The van der Waals surface area contributed by atoms with Gasteiger partial charge < -0.3 is 19.9 Å². The molecule has 1 unspecified atom stereocenters. The molecule has 24 heavy (non-hydrogen) atoms. The monoisotopic (exact) mass is 333 g/mol. The molecule has 5 heteroatoms. The Bertz CT molecular complexity index is 513. The fourth-order valence-corrected chi connectivity index (χ4v) is 3.09. The summed E-state index contributed by atoms with van der Waals surface area (Å²) >= 11 is 0. The van der Waals surface area contributed by atoms with Crippen LogP contribution in [0.3, 0.4) is 0 Å². The summed E-state index contributed by atoms with van der Waals surface area (Å²) in [5, 5.41) is 3.05. The number of para-hydroxylation sites is 1. The summed E-state index contributed by atoms with van der Waals surface area (Å²) in [6, 6.07) is 7.42. The summed E-state index contributed by atoms with van der Waals surface area (Å²) in [6.07, 6.45) is 0. The van der Waals surface area contributed by atoms with E-state index in [0.29, 0.717) is 30.4 Å². The summed E-state index contributed by atoms with van der Waals surface area (Å²) < 4.78 is 5.53. The minimum Gasteiger partial charge on any atom is -0.493 e. The van der Waals surface area contributed by atoms with E-state index in [0.717, 1.165) is 39.3 Å². The normalized spacial score (nSPS) is 17.5. The van der Waals surface area contributed by atoms with Crippen molar-refractivity contribution in [3.8, 4) is 5.75 Å². The Hall–Kier alpha value is -1.59. The molecule has 1 saturated heterocycles. The number of piperazine rings is 1. The van der Waals surface area contributed by atoms with Gasteiger partial charge in [0.1, 0.15) is 5.75 Å². The van der Waals surface area contributed by atoms with Gasteiger partial charge in [-0.05, 0) is 31.5 Å². The lowest BCUT2D eigenvalue weighted by molar-refractivity contribution is 0.0930. The molecule has 0 radical (unpaired) electrons. The molecule has 0 aliphatic carbocycles. The molecule has 1 aromatic carbocycles. The van der Waals surface area contributed by atoms with Crippen molar-refractivity contribution in [2.24, 2.45) is 5.92 Å². The molecule has 1 aromatic rings. The number of hydrogen-bond acceptors (Lipinski definition) is 4. The fraction of sp³-hybridized carbons (Fsp3) is 0.632. The number of carbonyl (C=O) groups excluding carboxylic acids is 1. The van der Waals surface area contributed by atoms with Crippen molar-refractivity contribution >= 4 is 5.91 Å². The van der Waals surface area contributed by atoms with Crippen LogP contribution in [0.2, 0.25) is 0 Å². The zero-order valence-corrected chi connectivity index (χ0v) is 15.3. The number of ether oxygens (including phenoxy) is 1. The molecule has 1 N–H and O–H groups in total. The van der Waals surface area contributed by atoms with Crippen LogP contribution in [-0.4, -0.2) is 68.1 Å². The van der Waals surface area contributed by atoms with Crippen LogP contribution in [0.1, 0.15) is 31.1 Å². The lowest BCUT2D eigenvalue weighted by Crippen LogP contribution is -2.48. The van der Waals surface area contributed by atoms with Gasteiger partial charge in [-0.1, -0.05) is 26.0 Å². The van der Waals surface area contributed by atoms with Gasteiger partial charge in [0, 0.05) is 39.3 Å². The minimum absolute atomic E-state index is 0.0540. The van der Waals surface area contributed by atoms with Crippen molar-refractivity contribution in [2.45, 2.75) is 20.8 Å². The average molecular weight is 333 g/mol. The third kappa shape index (κ3) is 5.49. The predicted molar refractivity (Wildman–Crippen MR) is 97.7 cm³/mol. The summed E-state index contributed by atoms with van der Waals surface area (Å²) in [5.74, 6) is 1.03. The molecule has 0 saturated carbocycles. The molecule has 1 fully saturated rings. The van der Waals surface area contributed by atoms with Crippen LogP contribution < -0.4 is 10.1 Å². The number of nitrogens with one attached hydrogen (secondary N) is 1. The maximum absolute atomic E-state index is 12.4. The van der Waals surface area contributed by atoms with Gasteiger partial charge in [-0.3, -0.25) is 4.79 Å². The highest BCUT2D eigenvalue weighted by atomic mass is 16.5. The predicted octanol–water partition coefficient (Wildman–Crippen LogP) is 2.09. The van der Waals surface area contributed by atoms with Crippen LogP contribution in [0.5, 0.6) is 5.75 Å². The van der Waals surface area contributed by atoms with Crippen LogP contribution in [0.4, 0.5) is 0 Å². The van der Waals surface area contributed by atoms with Gasteiger partial charge in [-0.2, -0.15) is 0 Å². The number of nitrogens with zero attached hydrogens (tertiary/aromatic N) is 2. The van der Waals surface area contributed by atoms with E-state index in [1.54, 1.807) is 0 Å². The standard InChI is InChI=1S/C19H31N3O2/c1-4-21-10-12-22(13-11-21)15-16(3)14-20-19(23)17-8-6-7-9-18(17)24-5-2/h6-9,16H,4-5,10-15H2,1-3H3,(H,20,23). The van der Waals surface area contributed by atoms with Crippen LogP contribution in [0.15, 0.2) is 24.3 Å². The van der Waals surface area contributed by atoms with Crippen molar-refractivity contribution in [1.29, 1.82) is 0 Å². The van der Waals surface area contributed by atoms with E-state index in [4.69, 9.17) is 4.74 Å². The second kappa shape index (κ2) is 9.64. The highest BCUT2D eigenvalue weighted by molar-refractivity contribution is 5.96. The first-order chi connectivity index (χ1) is 11.6. The third-order valence-electron chi connectivity index (χ3n) is 4.52. The third-order valence-corrected chi connectivity index (χ3v) is 4.52. The molecule has 1 aliphatic rings. The molecule has 1 heterocycles. The molecule has 0 bridgehead atoms. The summed E-state index contributed by atoms with van der Waals surface area (Å²) in [5.41, 5.74) is 0.614. The highest BCUT2D eigenvalue weighted by Gasteiger charge is 2.18. The summed E-state index contributed by atoms with van der Waals surface area (Å²) in [7, 11) is 0. The Balaban J connectivity index is 1.77. The molecule has 1 aliphatic heterocycles. The van der Waals surface area contributed by atoms with E-state index < -0.39 is 0 Å². The molecule has 5 nitrogen and oxygen atoms in total. The number of carbonyl (C=O) groups is 1. The van der Waals surface area contributed by atoms with Gasteiger partial charge in [0.15, 0.2) is 0 Å². The maximum atomic E-state index is 12.4. The molecular formula is C19H31N3O2. The Morgan fingerprint density at radius 1 is 1.17 bits per heavy atom. The minimum atomic E-state index is -0.0540. The van der Waals surface area contributed by atoms with Crippen molar-refractivity contribution in [3.63, 3.8) is 0 Å². The van der Waals surface area contributed by atoms with E-state index in [2.05, 4.69) is 29.0 Å². The fourth-order valence-electron chi connectivity index (χ4n) is 3.09. The Kier molecular flexibility index (Phi) is 7.53. The number of benzene rings is 1. The number of amides is 1. The topological polar surface area (TPSA) is 44.8 Å². The second-order valence-electron chi connectivity index (χ2n) is 6.48. The van der Waals surface area contributed by atoms with E-state index in [9.17, 15) is 4.79 Å². The lowest BCUT2D eigenvalue weighted by Gasteiger charge is -2.35. The quantitative estimate of drug-likeness (QED) is 0.791. The van der Waals surface area contributed by atoms with Gasteiger partial charge in [0.2, 0.25) is 0 Å². The molecule has 2 rings (SSSR count). The van der Waals surface area contributed by atoms with Gasteiger partial charge in [-0.25, -0.2) is 0 Å². The van der Waals surface area contributed by atoms with Crippen molar-refractivity contribution < 1.29 is 9.53 Å².